The van der Waals surface area contributed by atoms with Crippen molar-refractivity contribution in [3.63, 3.8) is 0 Å². The van der Waals surface area contributed by atoms with Crippen molar-refractivity contribution in [1.29, 1.82) is 0 Å². The second-order valence-corrected chi connectivity index (χ2v) is 4.24. The number of allylic oxidation sites excluding steroid dienone is 1. The van der Waals surface area contributed by atoms with E-state index in [1.165, 1.54) is 0 Å². The van der Waals surface area contributed by atoms with Gasteiger partial charge in [0.25, 0.3) is 0 Å². The molecule has 0 aromatic heterocycles. The van der Waals surface area contributed by atoms with Gasteiger partial charge in [-0.25, -0.2) is 4.79 Å². The predicted octanol–water partition coefficient (Wildman–Crippen LogP) is 2.68. The van der Waals surface area contributed by atoms with Gasteiger partial charge in [-0.05, 0) is 26.2 Å². The van der Waals surface area contributed by atoms with Crippen LogP contribution in [0.2, 0.25) is 0 Å². The molecule has 0 unspecified atom stereocenters. The molecule has 1 aliphatic rings. The summed E-state index contributed by atoms with van der Waals surface area (Å²) in [6.07, 6.45) is 5.75. The largest absolute Gasteiger partial charge is 0.502 e. The third-order valence-electron chi connectivity index (χ3n) is 2.92. The molecule has 0 bridgehead atoms. The van der Waals surface area contributed by atoms with Crippen LogP contribution in [0.25, 0.3) is 0 Å². The first-order valence-electron chi connectivity index (χ1n) is 6.29. The van der Waals surface area contributed by atoms with Gasteiger partial charge in [0.05, 0.1) is 6.61 Å². The Morgan fingerprint density at radius 2 is 1.76 bits per heavy atom. The van der Waals surface area contributed by atoms with E-state index in [2.05, 4.69) is 0 Å². The summed E-state index contributed by atoms with van der Waals surface area (Å²) in [7, 11) is 0. The maximum absolute atomic E-state index is 11.8. The molecule has 0 amide bonds. The van der Waals surface area contributed by atoms with E-state index in [0.29, 0.717) is 12.8 Å². The van der Waals surface area contributed by atoms with Crippen LogP contribution >= 0.6 is 0 Å². The monoisotopic (exact) mass is 240 g/mol. The summed E-state index contributed by atoms with van der Waals surface area (Å²) in [5.74, 6) is -1.38. The Hall–Kier alpha value is -1.32. The fourth-order valence-corrected chi connectivity index (χ4v) is 1.98. The number of Topliss-reactive ketones (excluding diaryl/α,β-unsaturated/α-hetero) is 1. The number of esters is 1. The van der Waals surface area contributed by atoms with Gasteiger partial charge in [-0.15, -0.1) is 0 Å². The minimum absolute atomic E-state index is 0.113. The highest BCUT2D eigenvalue weighted by molar-refractivity contribution is 6.02. The van der Waals surface area contributed by atoms with E-state index in [-0.39, 0.29) is 18.0 Å². The lowest BCUT2D eigenvalue weighted by atomic mass is 10.0. The fraction of sp³-hybridized carbons (Fsp3) is 0.692. The van der Waals surface area contributed by atoms with Crippen molar-refractivity contribution in [2.45, 2.75) is 51.9 Å². The quantitative estimate of drug-likeness (QED) is 0.458. The number of aliphatic hydroxyl groups excluding tert-OH is 1. The van der Waals surface area contributed by atoms with E-state index in [9.17, 15) is 14.7 Å². The normalized spacial score (nSPS) is 21.1. The molecule has 17 heavy (non-hydrogen) atoms. The molecule has 0 saturated heterocycles. The van der Waals surface area contributed by atoms with Crippen LogP contribution in [0, 0.1) is 0 Å². The maximum atomic E-state index is 11.8. The number of carbonyl (C=O) groups excluding carboxylic acids is 2. The lowest BCUT2D eigenvalue weighted by Gasteiger charge is -2.08. The van der Waals surface area contributed by atoms with Gasteiger partial charge < -0.3 is 9.84 Å². The van der Waals surface area contributed by atoms with Crippen molar-refractivity contribution in [2.24, 2.45) is 0 Å². The summed E-state index contributed by atoms with van der Waals surface area (Å²) in [6, 6.07) is 0. The van der Waals surface area contributed by atoms with Gasteiger partial charge in [0.2, 0.25) is 5.76 Å². The van der Waals surface area contributed by atoms with Gasteiger partial charge in [0, 0.05) is 12.0 Å². The molecule has 1 rings (SSSR count). The number of aliphatic hydroxyl groups is 1. The molecule has 0 atom stereocenters. The van der Waals surface area contributed by atoms with Crippen LogP contribution < -0.4 is 0 Å². The van der Waals surface area contributed by atoms with E-state index >= 15 is 0 Å². The summed E-state index contributed by atoms with van der Waals surface area (Å²) in [5, 5.41) is 9.74. The van der Waals surface area contributed by atoms with Gasteiger partial charge in [0.1, 0.15) is 0 Å². The first-order valence-corrected chi connectivity index (χ1v) is 6.29. The third kappa shape index (κ3) is 4.21. The molecule has 96 valence electrons. The summed E-state index contributed by atoms with van der Waals surface area (Å²) in [4.78, 5) is 23.2. The van der Waals surface area contributed by atoms with Gasteiger partial charge in [0.15, 0.2) is 5.78 Å². The van der Waals surface area contributed by atoms with Gasteiger partial charge in [-0.2, -0.15) is 0 Å². The lowest BCUT2D eigenvalue weighted by Crippen LogP contribution is -2.14. The van der Waals surface area contributed by atoms with Crippen molar-refractivity contribution >= 4 is 11.8 Å². The Balaban J connectivity index is 2.83. The summed E-state index contributed by atoms with van der Waals surface area (Å²) >= 11 is 0. The third-order valence-corrected chi connectivity index (χ3v) is 2.92. The number of hydrogen-bond donors (Lipinski definition) is 1. The predicted molar refractivity (Wildman–Crippen MR) is 63.6 cm³/mol. The highest BCUT2D eigenvalue weighted by Gasteiger charge is 2.21. The molecule has 4 nitrogen and oxygen atoms in total. The molecule has 0 aromatic carbocycles. The lowest BCUT2D eigenvalue weighted by molar-refractivity contribution is -0.142. The van der Waals surface area contributed by atoms with Crippen LogP contribution in [0.1, 0.15) is 51.9 Å². The van der Waals surface area contributed by atoms with E-state index < -0.39 is 11.7 Å². The number of carbonyl (C=O) groups is 2. The van der Waals surface area contributed by atoms with Crippen molar-refractivity contribution < 1.29 is 19.4 Å². The number of hydrogen-bond acceptors (Lipinski definition) is 4. The van der Waals surface area contributed by atoms with E-state index in [1.807, 2.05) is 0 Å². The number of ether oxygens (including phenoxy) is 1. The van der Waals surface area contributed by atoms with Crippen LogP contribution in [-0.2, 0) is 14.3 Å². The molecule has 0 radical (unpaired) electrons. The maximum Gasteiger partial charge on any atom is 0.373 e. The van der Waals surface area contributed by atoms with E-state index in [4.69, 9.17) is 4.74 Å². The van der Waals surface area contributed by atoms with Gasteiger partial charge >= 0.3 is 5.97 Å². The standard InChI is InChI=1S/C13H20O4/c1-2-17-13(16)12(15)10-8-6-4-3-5-7-9-11(10)14/h15H,2-9H2,1H3/b12-10+. The molecule has 0 aliphatic heterocycles. The molecular formula is C13H20O4. The fourth-order valence-electron chi connectivity index (χ4n) is 1.98. The SMILES string of the molecule is CCOC(=O)/C(O)=C1/CCCCCCCC1=O. The second-order valence-electron chi connectivity index (χ2n) is 4.24. The van der Waals surface area contributed by atoms with Crippen molar-refractivity contribution in [1.82, 2.24) is 0 Å². The summed E-state index contributed by atoms with van der Waals surface area (Å²) in [5.41, 5.74) is 0.255. The molecule has 4 heteroatoms. The number of rotatable bonds is 2. The topological polar surface area (TPSA) is 63.6 Å². The molecule has 1 aliphatic carbocycles. The Morgan fingerprint density at radius 3 is 2.41 bits per heavy atom. The number of ketones is 1. The van der Waals surface area contributed by atoms with E-state index in [1.54, 1.807) is 6.92 Å². The van der Waals surface area contributed by atoms with Crippen molar-refractivity contribution in [3.05, 3.63) is 11.3 Å². The molecule has 1 fully saturated rings. The molecule has 0 aromatic rings. The zero-order valence-corrected chi connectivity index (χ0v) is 10.3. The van der Waals surface area contributed by atoms with Crippen LogP contribution in [-0.4, -0.2) is 23.5 Å². The van der Waals surface area contributed by atoms with Crippen molar-refractivity contribution in [2.75, 3.05) is 6.61 Å². The zero-order valence-electron chi connectivity index (χ0n) is 10.3. The average Bonchev–Trinajstić information content (AvgIpc) is 2.41. The summed E-state index contributed by atoms with van der Waals surface area (Å²) < 4.78 is 4.71. The minimum Gasteiger partial charge on any atom is -0.502 e. The minimum atomic E-state index is -0.782. The van der Waals surface area contributed by atoms with Crippen LogP contribution in [0.3, 0.4) is 0 Å². The first kappa shape index (κ1) is 13.7. The molecule has 0 spiro atoms. The van der Waals surface area contributed by atoms with Crippen LogP contribution in [0.15, 0.2) is 11.3 Å². The molecular weight excluding hydrogens is 220 g/mol. The zero-order chi connectivity index (χ0) is 12.7. The molecule has 1 N–H and O–H groups in total. The Kier molecular flexibility index (Phi) is 5.73. The average molecular weight is 240 g/mol. The van der Waals surface area contributed by atoms with Gasteiger partial charge in [-0.3, -0.25) is 4.79 Å². The van der Waals surface area contributed by atoms with E-state index in [0.717, 1.165) is 32.1 Å². The first-order chi connectivity index (χ1) is 8.16. The second kappa shape index (κ2) is 7.09. The van der Waals surface area contributed by atoms with Gasteiger partial charge in [-0.1, -0.05) is 19.3 Å². The Labute approximate surface area is 102 Å². The Bertz CT molecular complexity index is 317. The highest BCUT2D eigenvalue weighted by Crippen LogP contribution is 2.21. The highest BCUT2D eigenvalue weighted by atomic mass is 16.5. The molecule has 1 saturated carbocycles. The Morgan fingerprint density at radius 1 is 1.18 bits per heavy atom. The smallest absolute Gasteiger partial charge is 0.373 e. The van der Waals surface area contributed by atoms with Crippen LogP contribution in [0.4, 0.5) is 0 Å². The summed E-state index contributed by atoms with van der Waals surface area (Å²) in [6.45, 7) is 1.87. The molecule has 0 heterocycles. The van der Waals surface area contributed by atoms with Crippen molar-refractivity contribution in [3.8, 4) is 0 Å². The van der Waals surface area contributed by atoms with Crippen LogP contribution in [0.5, 0.6) is 0 Å².